The zero-order chi connectivity index (χ0) is 17.7. The standard InChI is InChI=1S/C18H22N2O4S/c1-17(2)10-22-18(23-11-17)5-7-20(8-6-18)15(21)12-3-4-13-14(9-12)24-16(25)19-13/h3-4,9H,5-8,10-11H2,1-2H3,(H,19,25). The van der Waals surface area contributed by atoms with E-state index in [0.717, 1.165) is 5.52 Å². The first kappa shape index (κ1) is 16.8. The van der Waals surface area contributed by atoms with Crippen molar-refractivity contribution in [3.63, 3.8) is 0 Å². The number of oxazole rings is 1. The number of nitrogens with one attached hydrogen (secondary N) is 1. The van der Waals surface area contributed by atoms with Gasteiger partial charge in [-0.05, 0) is 30.4 Å². The fraction of sp³-hybridized carbons (Fsp3) is 0.556. The summed E-state index contributed by atoms with van der Waals surface area (Å²) in [4.78, 5) is 17.9. The number of likely N-dealkylation sites (tertiary alicyclic amines) is 1. The fourth-order valence-electron chi connectivity index (χ4n) is 3.34. The molecule has 2 fully saturated rings. The zero-order valence-corrected chi connectivity index (χ0v) is 15.3. The molecule has 2 saturated heterocycles. The van der Waals surface area contributed by atoms with Crippen LogP contribution in [0.4, 0.5) is 0 Å². The highest BCUT2D eigenvalue weighted by Gasteiger charge is 2.43. The van der Waals surface area contributed by atoms with Crippen LogP contribution in [0.1, 0.15) is 37.0 Å². The summed E-state index contributed by atoms with van der Waals surface area (Å²) >= 11 is 4.99. The van der Waals surface area contributed by atoms with Gasteiger partial charge in [-0.1, -0.05) is 13.8 Å². The lowest BCUT2D eigenvalue weighted by molar-refractivity contribution is -0.311. The molecule has 1 aromatic heterocycles. The first-order valence-corrected chi connectivity index (χ1v) is 8.97. The molecule has 4 rings (SSSR count). The average Bonchev–Trinajstić information content (AvgIpc) is 2.97. The van der Waals surface area contributed by atoms with Crippen molar-refractivity contribution in [2.75, 3.05) is 26.3 Å². The Bertz CT molecular complexity index is 849. The first-order chi connectivity index (χ1) is 11.9. The van der Waals surface area contributed by atoms with Gasteiger partial charge in [-0.25, -0.2) is 0 Å². The van der Waals surface area contributed by atoms with E-state index in [1.54, 1.807) is 12.1 Å². The number of fused-ring (bicyclic) bond motifs is 1. The van der Waals surface area contributed by atoms with Crippen LogP contribution < -0.4 is 0 Å². The van der Waals surface area contributed by atoms with E-state index >= 15 is 0 Å². The lowest BCUT2D eigenvalue weighted by atomic mass is 9.92. The van der Waals surface area contributed by atoms with Gasteiger partial charge in [0, 0.05) is 36.9 Å². The molecule has 1 spiro atoms. The molecule has 2 aliphatic heterocycles. The minimum Gasteiger partial charge on any atom is -0.429 e. The number of rotatable bonds is 1. The lowest BCUT2D eigenvalue weighted by Gasteiger charge is -2.47. The van der Waals surface area contributed by atoms with Gasteiger partial charge in [0.2, 0.25) is 0 Å². The Hall–Kier alpha value is -1.70. The second-order valence-corrected chi connectivity index (χ2v) is 8.04. The Balaban J connectivity index is 1.44. The normalized spacial score (nSPS) is 22.4. The minimum absolute atomic E-state index is 0.00444. The van der Waals surface area contributed by atoms with Crippen LogP contribution in [-0.4, -0.2) is 47.9 Å². The minimum atomic E-state index is -0.524. The molecular weight excluding hydrogens is 340 g/mol. The number of H-pyrrole nitrogens is 1. The summed E-state index contributed by atoms with van der Waals surface area (Å²) in [6, 6.07) is 5.36. The van der Waals surface area contributed by atoms with E-state index in [0.29, 0.717) is 55.1 Å². The molecule has 134 valence electrons. The van der Waals surface area contributed by atoms with Crippen molar-refractivity contribution in [2.45, 2.75) is 32.5 Å². The Morgan fingerprint density at radius 2 is 1.88 bits per heavy atom. The summed E-state index contributed by atoms with van der Waals surface area (Å²) < 4.78 is 17.5. The van der Waals surface area contributed by atoms with Crippen molar-refractivity contribution >= 4 is 29.2 Å². The largest absolute Gasteiger partial charge is 0.429 e. The molecule has 25 heavy (non-hydrogen) atoms. The smallest absolute Gasteiger partial charge is 0.266 e. The van der Waals surface area contributed by atoms with Gasteiger partial charge >= 0.3 is 0 Å². The van der Waals surface area contributed by atoms with Gasteiger partial charge in [-0.3, -0.25) is 4.79 Å². The maximum Gasteiger partial charge on any atom is 0.266 e. The van der Waals surface area contributed by atoms with Gasteiger partial charge in [-0.2, -0.15) is 0 Å². The van der Waals surface area contributed by atoms with Gasteiger partial charge in [0.25, 0.3) is 10.7 Å². The quantitative estimate of drug-likeness (QED) is 0.787. The molecule has 1 N–H and O–H groups in total. The number of hydrogen-bond acceptors (Lipinski definition) is 5. The number of aromatic amines is 1. The molecule has 3 heterocycles. The van der Waals surface area contributed by atoms with Gasteiger partial charge in [0.05, 0.1) is 18.7 Å². The van der Waals surface area contributed by atoms with E-state index in [1.165, 1.54) is 0 Å². The number of aromatic nitrogens is 1. The van der Waals surface area contributed by atoms with Crippen LogP contribution in [-0.2, 0) is 9.47 Å². The summed E-state index contributed by atoms with van der Waals surface area (Å²) in [6.45, 7) is 6.89. The van der Waals surface area contributed by atoms with Crippen LogP contribution in [0.5, 0.6) is 0 Å². The van der Waals surface area contributed by atoms with Gasteiger partial charge in [-0.15, -0.1) is 0 Å². The lowest BCUT2D eigenvalue weighted by Crippen LogP contribution is -2.54. The SMILES string of the molecule is CC1(C)COC2(CCN(C(=O)c3ccc4[nH]c(=S)oc4c3)CC2)OC1. The van der Waals surface area contributed by atoms with E-state index in [-0.39, 0.29) is 11.3 Å². The Morgan fingerprint density at radius 3 is 2.56 bits per heavy atom. The Morgan fingerprint density at radius 1 is 1.20 bits per heavy atom. The monoisotopic (exact) mass is 362 g/mol. The first-order valence-electron chi connectivity index (χ1n) is 8.56. The second-order valence-electron chi connectivity index (χ2n) is 7.67. The van der Waals surface area contributed by atoms with Crippen LogP contribution in [0.3, 0.4) is 0 Å². The number of benzene rings is 1. The third-order valence-corrected chi connectivity index (χ3v) is 5.12. The van der Waals surface area contributed by atoms with E-state index in [9.17, 15) is 4.79 Å². The predicted molar refractivity (Wildman–Crippen MR) is 95.0 cm³/mol. The van der Waals surface area contributed by atoms with Gasteiger partial charge in [0.15, 0.2) is 11.4 Å². The molecule has 0 radical (unpaired) electrons. The highest BCUT2D eigenvalue weighted by Crippen LogP contribution is 2.36. The molecule has 0 aliphatic carbocycles. The van der Waals surface area contributed by atoms with E-state index in [1.807, 2.05) is 11.0 Å². The van der Waals surface area contributed by atoms with Crippen molar-refractivity contribution < 1.29 is 18.7 Å². The number of carbonyl (C=O) groups excluding carboxylic acids is 1. The number of carbonyl (C=O) groups is 1. The average molecular weight is 362 g/mol. The van der Waals surface area contributed by atoms with E-state index in [4.69, 9.17) is 26.1 Å². The molecule has 1 aromatic carbocycles. The zero-order valence-electron chi connectivity index (χ0n) is 14.5. The number of ether oxygens (including phenoxy) is 2. The summed E-state index contributed by atoms with van der Waals surface area (Å²) in [5, 5.41) is 0. The molecule has 7 heteroatoms. The molecule has 0 bridgehead atoms. The maximum atomic E-state index is 12.8. The highest BCUT2D eigenvalue weighted by atomic mass is 32.1. The van der Waals surface area contributed by atoms with Crippen molar-refractivity contribution in [2.24, 2.45) is 5.41 Å². The van der Waals surface area contributed by atoms with Crippen LogP contribution in [0, 0.1) is 10.3 Å². The van der Waals surface area contributed by atoms with Gasteiger partial charge in [0.1, 0.15) is 0 Å². The predicted octanol–water partition coefficient (Wildman–Crippen LogP) is 3.50. The topological polar surface area (TPSA) is 67.7 Å². The van der Waals surface area contributed by atoms with Gasteiger partial charge < -0.3 is 23.8 Å². The maximum absolute atomic E-state index is 12.8. The summed E-state index contributed by atoms with van der Waals surface area (Å²) in [5.41, 5.74) is 2.06. The van der Waals surface area contributed by atoms with E-state index in [2.05, 4.69) is 18.8 Å². The van der Waals surface area contributed by atoms with Crippen molar-refractivity contribution in [1.29, 1.82) is 0 Å². The number of piperidine rings is 1. The fourth-order valence-corrected chi connectivity index (χ4v) is 3.54. The molecule has 0 saturated carbocycles. The molecule has 0 atom stereocenters. The molecule has 1 amide bonds. The Kier molecular flexibility index (Phi) is 3.97. The van der Waals surface area contributed by atoms with Crippen molar-refractivity contribution in [3.8, 4) is 0 Å². The second kappa shape index (κ2) is 5.93. The molecule has 2 aliphatic rings. The highest BCUT2D eigenvalue weighted by molar-refractivity contribution is 7.71. The molecule has 6 nitrogen and oxygen atoms in total. The molecule has 2 aromatic rings. The molecule has 0 unspecified atom stereocenters. The summed E-state index contributed by atoms with van der Waals surface area (Å²) in [7, 11) is 0. The third kappa shape index (κ3) is 3.23. The van der Waals surface area contributed by atoms with Crippen LogP contribution in [0.2, 0.25) is 0 Å². The van der Waals surface area contributed by atoms with Crippen molar-refractivity contribution in [3.05, 3.63) is 28.6 Å². The number of nitrogens with zero attached hydrogens (tertiary/aromatic N) is 1. The van der Waals surface area contributed by atoms with E-state index < -0.39 is 5.79 Å². The van der Waals surface area contributed by atoms with Crippen LogP contribution in [0.25, 0.3) is 11.1 Å². The third-order valence-electron chi connectivity index (χ3n) is 4.93. The van der Waals surface area contributed by atoms with Crippen molar-refractivity contribution in [1.82, 2.24) is 9.88 Å². The van der Waals surface area contributed by atoms with Crippen LogP contribution in [0.15, 0.2) is 22.6 Å². The summed E-state index contributed by atoms with van der Waals surface area (Å²) in [6.07, 6.45) is 1.39. The Labute approximate surface area is 151 Å². The number of amides is 1. The molecular formula is C18H22N2O4S. The number of hydrogen-bond donors (Lipinski definition) is 1. The van der Waals surface area contributed by atoms with Crippen LogP contribution >= 0.6 is 12.2 Å². The summed E-state index contributed by atoms with van der Waals surface area (Å²) in [5.74, 6) is -0.529.